The predicted octanol–water partition coefficient (Wildman–Crippen LogP) is 6.60. The lowest BCUT2D eigenvalue weighted by atomic mass is 9.95. The Balaban J connectivity index is 0.00000137. The van der Waals surface area contributed by atoms with Gasteiger partial charge in [0.25, 0.3) is 17.3 Å². The predicted molar refractivity (Wildman–Crippen MR) is 214 cm³/mol. The fourth-order valence-corrected chi connectivity index (χ4v) is 7.23. The van der Waals surface area contributed by atoms with Gasteiger partial charge in [0, 0.05) is 80.7 Å². The highest BCUT2D eigenvalue weighted by molar-refractivity contribution is 7.89. The minimum absolute atomic E-state index is 0.00230. The van der Waals surface area contributed by atoms with Crippen LogP contribution in [-0.4, -0.2) is 73.9 Å². The number of nitrogens with zero attached hydrogens (tertiary/aromatic N) is 4. The summed E-state index contributed by atoms with van der Waals surface area (Å²) >= 11 is 0. The molecule has 0 saturated heterocycles. The van der Waals surface area contributed by atoms with E-state index in [0.717, 1.165) is 18.7 Å². The number of aromatic amines is 1. The third-order valence-corrected chi connectivity index (χ3v) is 9.82. The molecule has 1 aliphatic heterocycles. The fourth-order valence-electron chi connectivity index (χ4n) is 6.43. The maximum absolute atomic E-state index is 15.4. The van der Waals surface area contributed by atoms with E-state index < -0.39 is 39.0 Å². The van der Waals surface area contributed by atoms with Gasteiger partial charge in [-0.2, -0.15) is 0 Å². The van der Waals surface area contributed by atoms with Crippen molar-refractivity contribution in [2.75, 3.05) is 38.5 Å². The maximum atomic E-state index is 15.4. The van der Waals surface area contributed by atoms with Gasteiger partial charge in [-0.15, -0.1) is 0 Å². The van der Waals surface area contributed by atoms with E-state index in [1.165, 1.54) is 15.5 Å². The highest BCUT2D eigenvalue weighted by Crippen LogP contribution is 2.45. The van der Waals surface area contributed by atoms with Gasteiger partial charge in [0.05, 0.1) is 36.7 Å². The fraction of sp³-hybridized carbons (Fsp3) is 0.425. The summed E-state index contributed by atoms with van der Waals surface area (Å²) in [6.07, 6.45) is 7.90. The number of carbonyl (C=O) groups is 2. The molecule has 5 heterocycles. The van der Waals surface area contributed by atoms with Gasteiger partial charge >= 0.3 is 0 Å². The number of H-pyrrole nitrogens is 1. The normalized spacial score (nSPS) is 12.5. The van der Waals surface area contributed by atoms with Crippen LogP contribution in [0.4, 0.5) is 20.3 Å². The first-order valence-corrected chi connectivity index (χ1v) is 20.6. The lowest BCUT2D eigenvalue weighted by molar-refractivity contribution is -0.110. The number of halogens is 2. The number of benzene rings is 1. The topological polar surface area (TPSA) is 179 Å². The number of carbonyl (C=O) groups excluding carboxylic acids is 2. The SMILES string of the molecule is CC.CC(C)C(C=O)c1cc(OCCCCCNC(=O)c2cc3c(cc2CS(C)(=O)=O)-c2cn(C)c(=O)c4[nH]cc(c24)CN3c2ncc(F)cc2F)no1.COC. The second-order valence-electron chi connectivity index (χ2n) is 13.7. The molecule has 0 fully saturated rings. The Kier molecular flexibility index (Phi) is 15.3. The molecule has 1 atom stereocenters. The summed E-state index contributed by atoms with van der Waals surface area (Å²) in [7, 11) is 1.19. The number of unbranched alkanes of at least 4 members (excludes halogenated alkanes) is 2. The van der Waals surface area contributed by atoms with E-state index in [9.17, 15) is 27.2 Å². The van der Waals surface area contributed by atoms with E-state index in [2.05, 4.69) is 25.2 Å². The number of aryl methyl sites for hydroxylation is 1. The molecule has 0 spiro atoms. The first-order chi connectivity index (χ1) is 27.2. The number of anilines is 2. The summed E-state index contributed by atoms with van der Waals surface area (Å²) < 4.78 is 71.2. The Morgan fingerprint density at radius 1 is 1.11 bits per heavy atom. The van der Waals surface area contributed by atoms with Crippen molar-refractivity contribution in [2.24, 2.45) is 13.0 Å². The molecular weight excluding hydrogens is 763 g/mol. The Morgan fingerprint density at radius 2 is 1.82 bits per heavy atom. The lowest BCUT2D eigenvalue weighted by Crippen LogP contribution is -2.27. The summed E-state index contributed by atoms with van der Waals surface area (Å²) in [6.45, 7) is 8.42. The number of pyridine rings is 2. The third kappa shape index (κ3) is 10.5. The number of nitrogens with one attached hydrogen (secondary N) is 2. The summed E-state index contributed by atoms with van der Waals surface area (Å²) in [5.41, 5.74) is 2.20. The Hall–Kier alpha value is -5.42. The first-order valence-electron chi connectivity index (χ1n) is 18.5. The number of amides is 1. The van der Waals surface area contributed by atoms with Crippen molar-refractivity contribution >= 4 is 44.4 Å². The van der Waals surface area contributed by atoms with E-state index in [4.69, 9.17) is 9.26 Å². The number of fused-ring (bicyclic) bond motifs is 2. The minimum atomic E-state index is -3.64. The molecule has 2 N–H and O–H groups in total. The zero-order valence-electron chi connectivity index (χ0n) is 33.4. The molecule has 1 aliphatic rings. The zero-order chi connectivity index (χ0) is 42.0. The van der Waals surface area contributed by atoms with E-state index >= 15 is 4.39 Å². The van der Waals surface area contributed by atoms with Crippen LogP contribution in [0.1, 0.15) is 80.1 Å². The monoisotopic (exact) mass is 812 g/mol. The van der Waals surface area contributed by atoms with Crippen molar-refractivity contribution in [1.82, 2.24) is 25.0 Å². The van der Waals surface area contributed by atoms with Gasteiger partial charge < -0.3 is 38.6 Å². The maximum Gasteiger partial charge on any atom is 0.274 e. The number of hydrogen-bond acceptors (Lipinski definition) is 11. The molecule has 1 amide bonds. The van der Waals surface area contributed by atoms with Crippen molar-refractivity contribution in [2.45, 2.75) is 65.2 Å². The van der Waals surface area contributed by atoms with Crippen LogP contribution in [0.2, 0.25) is 0 Å². The number of methoxy groups -OCH3 is 1. The van der Waals surface area contributed by atoms with Crippen LogP contribution in [-0.2, 0) is 38.7 Å². The number of sulfone groups is 1. The van der Waals surface area contributed by atoms with Gasteiger partial charge in [-0.3, -0.25) is 9.59 Å². The molecular formula is C40H50F2N6O8S. The average Bonchev–Trinajstić information content (AvgIpc) is 3.77. The minimum Gasteiger partial charge on any atom is -0.476 e. The van der Waals surface area contributed by atoms with E-state index in [-0.39, 0.29) is 47.4 Å². The molecule has 4 aromatic heterocycles. The number of ether oxygens (including phenoxy) is 2. The molecule has 17 heteroatoms. The zero-order valence-corrected chi connectivity index (χ0v) is 34.3. The Bertz CT molecular complexity index is 2360. The summed E-state index contributed by atoms with van der Waals surface area (Å²) in [6, 6.07) is 5.38. The molecule has 14 nitrogen and oxygen atoms in total. The van der Waals surface area contributed by atoms with Gasteiger partial charge in [0.15, 0.2) is 27.2 Å². The van der Waals surface area contributed by atoms with Crippen molar-refractivity contribution in [1.29, 1.82) is 0 Å². The molecule has 0 bridgehead atoms. The van der Waals surface area contributed by atoms with Crippen LogP contribution in [0.15, 0.2) is 52.2 Å². The van der Waals surface area contributed by atoms with Gasteiger partial charge in [-0.25, -0.2) is 22.2 Å². The third-order valence-electron chi connectivity index (χ3n) is 8.98. The number of aldehydes is 1. The molecule has 0 radical (unpaired) electrons. The van der Waals surface area contributed by atoms with Gasteiger partial charge in [0.1, 0.15) is 17.6 Å². The standard InChI is InChI=1S/C36H38F2N6O7S.C2H6O.C2H6/c1-20(2)27(18-45)30-13-31(42-51-30)50-9-7-5-6-8-39-35(46)24-12-29-25(10-21(24)19-52(4,48)49)26-17-43(3)36(47)33-32(26)22(14-40-33)16-44(29)34-28(38)11-23(37)15-41-34;1-3-2;1-2/h10-15,17-18,20,27,40H,5-9,16,19H2,1-4H3,(H,39,46);1-2H3;1-2H3. The molecule has 5 aromatic rings. The summed E-state index contributed by atoms with van der Waals surface area (Å²) in [5.74, 6) is -2.67. The number of hydrogen-bond donors (Lipinski definition) is 2. The van der Waals surface area contributed by atoms with Crippen LogP contribution in [0.3, 0.4) is 0 Å². The highest BCUT2D eigenvalue weighted by Gasteiger charge is 2.30. The molecule has 0 aliphatic carbocycles. The average molecular weight is 813 g/mol. The molecule has 57 heavy (non-hydrogen) atoms. The van der Waals surface area contributed by atoms with Crippen molar-refractivity contribution in [3.63, 3.8) is 0 Å². The molecule has 1 aromatic carbocycles. The molecule has 0 saturated carbocycles. The van der Waals surface area contributed by atoms with Crippen LogP contribution < -0.4 is 20.5 Å². The Labute approximate surface area is 330 Å². The molecule has 308 valence electrons. The lowest BCUT2D eigenvalue weighted by Gasteiger charge is -2.26. The quantitative estimate of drug-likeness (QED) is 0.0912. The van der Waals surface area contributed by atoms with Crippen molar-refractivity contribution < 1.29 is 40.8 Å². The number of rotatable bonds is 14. The summed E-state index contributed by atoms with van der Waals surface area (Å²) in [5, 5.41) is 7.30. The van der Waals surface area contributed by atoms with Crippen LogP contribution in [0.25, 0.3) is 22.0 Å². The Morgan fingerprint density at radius 3 is 2.47 bits per heavy atom. The van der Waals surface area contributed by atoms with Crippen LogP contribution in [0.5, 0.6) is 5.88 Å². The van der Waals surface area contributed by atoms with E-state index in [1.807, 2.05) is 27.7 Å². The first kappa shape index (κ1) is 44.3. The molecule has 6 rings (SSSR count). The van der Waals surface area contributed by atoms with Crippen molar-refractivity contribution in [3.05, 3.63) is 87.3 Å². The smallest absolute Gasteiger partial charge is 0.274 e. The van der Waals surface area contributed by atoms with Gasteiger partial charge in [-0.1, -0.05) is 27.7 Å². The highest BCUT2D eigenvalue weighted by atomic mass is 32.2. The van der Waals surface area contributed by atoms with Crippen LogP contribution in [0, 0.1) is 17.6 Å². The van der Waals surface area contributed by atoms with E-state index in [1.54, 1.807) is 45.8 Å². The largest absolute Gasteiger partial charge is 0.476 e. The second-order valence-corrected chi connectivity index (χ2v) is 15.9. The molecule has 1 unspecified atom stereocenters. The summed E-state index contributed by atoms with van der Waals surface area (Å²) in [4.78, 5) is 46.7. The van der Waals surface area contributed by atoms with Crippen molar-refractivity contribution in [3.8, 4) is 17.0 Å². The van der Waals surface area contributed by atoms with Crippen LogP contribution >= 0.6 is 0 Å². The van der Waals surface area contributed by atoms with Gasteiger partial charge in [-0.05, 0) is 53.6 Å². The number of aromatic nitrogens is 4. The van der Waals surface area contributed by atoms with E-state index in [0.29, 0.717) is 71.0 Å². The second kappa shape index (κ2) is 19.6. The van der Waals surface area contributed by atoms with Gasteiger partial charge in [0.2, 0.25) is 0 Å².